The molecule has 1 unspecified atom stereocenters. The minimum Gasteiger partial charge on any atom is -0.496 e. The van der Waals surface area contributed by atoms with Gasteiger partial charge in [-0.2, -0.15) is 0 Å². The van der Waals surface area contributed by atoms with Crippen molar-refractivity contribution in [3.63, 3.8) is 0 Å². The lowest BCUT2D eigenvalue weighted by Gasteiger charge is -2.18. The molecule has 3 rings (SSSR count). The molecule has 0 amide bonds. The molecule has 0 fully saturated rings. The van der Waals surface area contributed by atoms with E-state index >= 15 is 0 Å². The highest BCUT2D eigenvalue weighted by Crippen LogP contribution is 2.40. The maximum atomic E-state index is 10.7. The lowest BCUT2D eigenvalue weighted by Crippen LogP contribution is -2.04. The molecule has 1 atom stereocenters. The van der Waals surface area contributed by atoms with Crippen LogP contribution in [0.4, 0.5) is 0 Å². The van der Waals surface area contributed by atoms with Gasteiger partial charge in [-0.25, -0.2) is 0 Å². The van der Waals surface area contributed by atoms with E-state index in [4.69, 9.17) is 9.47 Å². The normalized spacial score (nSPS) is 14.6. The highest BCUT2D eigenvalue weighted by atomic mass is 79.9. The molecule has 104 valence electrons. The average molecular weight is 335 g/mol. The SMILES string of the molecule is COc1ccccc1C(O)c1cc(Br)cc2c1OCC2. The molecule has 2 aromatic carbocycles. The Labute approximate surface area is 126 Å². The number of aliphatic hydroxyl groups is 1. The lowest BCUT2D eigenvalue weighted by molar-refractivity contribution is 0.208. The number of fused-ring (bicyclic) bond motifs is 1. The number of rotatable bonds is 3. The topological polar surface area (TPSA) is 38.7 Å². The molecule has 2 aromatic rings. The van der Waals surface area contributed by atoms with Gasteiger partial charge >= 0.3 is 0 Å². The van der Waals surface area contributed by atoms with E-state index in [2.05, 4.69) is 15.9 Å². The van der Waals surface area contributed by atoms with Crippen LogP contribution in [0, 0.1) is 0 Å². The highest BCUT2D eigenvalue weighted by Gasteiger charge is 2.24. The summed E-state index contributed by atoms with van der Waals surface area (Å²) in [6.07, 6.45) is 0.107. The third kappa shape index (κ3) is 2.30. The van der Waals surface area contributed by atoms with Crippen molar-refractivity contribution in [3.8, 4) is 11.5 Å². The standard InChI is InChI=1S/C16H15BrO3/c1-19-14-5-3-2-4-12(14)15(18)13-9-11(17)8-10-6-7-20-16(10)13/h2-5,8-9,15,18H,6-7H2,1H3. The molecule has 0 aliphatic carbocycles. The second-order valence-electron chi connectivity index (χ2n) is 4.73. The zero-order valence-corrected chi connectivity index (χ0v) is 12.7. The Morgan fingerprint density at radius 2 is 2.05 bits per heavy atom. The molecule has 1 heterocycles. The zero-order valence-electron chi connectivity index (χ0n) is 11.1. The monoisotopic (exact) mass is 334 g/mol. The summed E-state index contributed by atoms with van der Waals surface area (Å²) >= 11 is 3.49. The summed E-state index contributed by atoms with van der Waals surface area (Å²) in [6.45, 7) is 0.664. The first-order chi connectivity index (χ1) is 9.70. The molecule has 0 bridgehead atoms. The molecule has 0 radical (unpaired) electrons. The summed E-state index contributed by atoms with van der Waals surface area (Å²) in [6, 6.07) is 11.4. The van der Waals surface area contributed by atoms with Crippen LogP contribution in [0.2, 0.25) is 0 Å². The predicted octanol–water partition coefficient (Wildman–Crippen LogP) is 3.47. The maximum Gasteiger partial charge on any atom is 0.128 e. The van der Waals surface area contributed by atoms with Crippen LogP contribution in [0.3, 0.4) is 0 Å². The van der Waals surface area contributed by atoms with E-state index < -0.39 is 6.10 Å². The molecule has 1 aliphatic heterocycles. The van der Waals surface area contributed by atoms with E-state index in [-0.39, 0.29) is 0 Å². The molecule has 0 saturated heterocycles. The van der Waals surface area contributed by atoms with Gasteiger partial charge in [-0.1, -0.05) is 34.1 Å². The van der Waals surface area contributed by atoms with E-state index in [0.717, 1.165) is 33.3 Å². The van der Waals surface area contributed by atoms with Gasteiger partial charge in [-0.3, -0.25) is 0 Å². The Hall–Kier alpha value is -1.52. The van der Waals surface area contributed by atoms with Gasteiger partial charge in [0.2, 0.25) is 0 Å². The van der Waals surface area contributed by atoms with Crippen molar-refractivity contribution in [3.05, 3.63) is 57.6 Å². The first-order valence-corrected chi connectivity index (χ1v) is 7.26. The number of methoxy groups -OCH3 is 1. The summed E-state index contributed by atoms with van der Waals surface area (Å²) < 4.78 is 12.0. The van der Waals surface area contributed by atoms with Gasteiger partial charge in [0.05, 0.1) is 13.7 Å². The number of ether oxygens (including phenoxy) is 2. The molecule has 3 nitrogen and oxygen atoms in total. The fourth-order valence-corrected chi connectivity index (χ4v) is 3.08. The summed E-state index contributed by atoms with van der Waals surface area (Å²) in [5.74, 6) is 1.47. The fraction of sp³-hybridized carbons (Fsp3) is 0.250. The molecule has 20 heavy (non-hydrogen) atoms. The highest BCUT2D eigenvalue weighted by molar-refractivity contribution is 9.10. The fourth-order valence-electron chi connectivity index (χ4n) is 2.56. The van der Waals surface area contributed by atoms with Gasteiger partial charge in [0.1, 0.15) is 17.6 Å². The maximum absolute atomic E-state index is 10.7. The minimum absolute atomic E-state index is 0.664. The van der Waals surface area contributed by atoms with Crippen LogP contribution < -0.4 is 9.47 Å². The van der Waals surface area contributed by atoms with Crippen LogP contribution in [-0.4, -0.2) is 18.8 Å². The van der Waals surface area contributed by atoms with Crippen molar-refractivity contribution >= 4 is 15.9 Å². The molecule has 4 heteroatoms. The second-order valence-corrected chi connectivity index (χ2v) is 5.64. The summed E-state index contributed by atoms with van der Waals surface area (Å²) in [5.41, 5.74) is 2.64. The Bertz CT molecular complexity index is 640. The van der Waals surface area contributed by atoms with Crippen molar-refractivity contribution < 1.29 is 14.6 Å². The molecule has 0 spiro atoms. The average Bonchev–Trinajstić information content (AvgIpc) is 2.93. The summed E-state index contributed by atoms with van der Waals surface area (Å²) in [5, 5.41) is 10.7. The van der Waals surface area contributed by atoms with Gasteiger partial charge in [-0.15, -0.1) is 0 Å². The Morgan fingerprint density at radius 3 is 2.85 bits per heavy atom. The molecule has 0 aromatic heterocycles. The predicted molar refractivity (Wildman–Crippen MR) is 80.4 cm³/mol. The van der Waals surface area contributed by atoms with E-state index in [1.54, 1.807) is 7.11 Å². The van der Waals surface area contributed by atoms with Gasteiger partial charge in [0.25, 0.3) is 0 Å². The van der Waals surface area contributed by atoms with Crippen molar-refractivity contribution in [1.29, 1.82) is 0 Å². The quantitative estimate of drug-likeness (QED) is 0.933. The van der Waals surface area contributed by atoms with Crippen LogP contribution in [-0.2, 0) is 6.42 Å². The zero-order chi connectivity index (χ0) is 14.1. The van der Waals surface area contributed by atoms with Crippen LogP contribution in [0.25, 0.3) is 0 Å². The smallest absolute Gasteiger partial charge is 0.128 e. The van der Waals surface area contributed by atoms with Crippen LogP contribution in [0.5, 0.6) is 11.5 Å². The van der Waals surface area contributed by atoms with E-state index in [1.165, 1.54) is 0 Å². The van der Waals surface area contributed by atoms with Gasteiger partial charge in [0, 0.05) is 22.0 Å². The Kier molecular flexibility index (Phi) is 3.68. The van der Waals surface area contributed by atoms with Crippen molar-refractivity contribution in [2.45, 2.75) is 12.5 Å². The van der Waals surface area contributed by atoms with Crippen LogP contribution >= 0.6 is 15.9 Å². The largest absolute Gasteiger partial charge is 0.496 e. The number of aliphatic hydroxyl groups excluding tert-OH is 1. The van der Waals surface area contributed by atoms with E-state index in [9.17, 15) is 5.11 Å². The number of para-hydroxylation sites is 1. The third-order valence-corrected chi connectivity index (χ3v) is 3.96. The summed E-state index contributed by atoms with van der Waals surface area (Å²) in [7, 11) is 1.60. The molecular weight excluding hydrogens is 320 g/mol. The van der Waals surface area contributed by atoms with Crippen molar-refractivity contribution in [2.24, 2.45) is 0 Å². The molecule has 1 N–H and O–H groups in total. The van der Waals surface area contributed by atoms with Crippen molar-refractivity contribution in [1.82, 2.24) is 0 Å². The third-order valence-electron chi connectivity index (χ3n) is 3.51. The number of hydrogen-bond donors (Lipinski definition) is 1. The number of halogens is 1. The lowest BCUT2D eigenvalue weighted by atomic mass is 9.97. The Balaban J connectivity index is 2.09. The van der Waals surface area contributed by atoms with Crippen molar-refractivity contribution in [2.75, 3.05) is 13.7 Å². The first-order valence-electron chi connectivity index (χ1n) is 6.47. The van der Waals surface area contributed by atoms with E-state index in [1.807, 2.05) is 36.4 Å². The van der Waals surface area contributed by atoms with Gasteiger partial charge < -0.3 is 14.6 Å². The van der Waals surface area contributed by atoms with Gasteiger partial charge in [-0.05, 0) is 23.8 Å². The molecule has 1 aliphatic rings. The van der Waals surface area contributed by atoms with Gasteiger partial charge in [0.15, 0.2) is 0 Å². The summed E-state index contributed by atoms with van der Waals surface area (Å²) in [4.78, 5) is 0. The van der Waals surface area contributed by atoms with E-state index in [0.29, 0.717) is 12.4 Å². The number of benzene rings is 2. The molecule has 0 saturated carbocycles. The minimum atomic E-state index is -0.768. The first kappa shape index (κ1) is 13.5. The number of hydrogen-bond acceptors (Lipinski definition) is 3. The van der Waals surface area contributed by atoms with Crippen LogP contribution in [0.1, 0.15) is 22.8 Å². The Morgan fingerprint density at radius 1 is 1.25 bits per heavy atom. The second kappa shape index (κ2) is 5.46. The van der Waals surface area contributed by atoms with Crippen LogP contribution in [0.15, 0.2) is 40.9 Å². The molecular formula is C16H15BrO3.